The summed E-state index contributed by atoms with van der Waals surface area (Å²) in [5.74, 6) is 1.20. The number of hydrogen-bond donors (Lipinski definition) is 2. The molecule has 114 valence electrons. The summed E-state index contributed by atoms with van der Waals surface area (Å²) in [6.45, 7) is 0.837. The Balaban J connectivity index is 1.53. The van der Waals surface area contributed by atoms with Gasteiger partial charge in [-0.2, -0.15) is 0 Å². The monoisotopic (exact) mass is 299 g/mol. The Morgan fingerprint density at radius 1 is 1.41 bits per heavy atom. The fraction of sp³-hybridized carbons (Fsp3) is 0.235. The van der Waals surface area contributed by atoms with E-state index in [-0.39, 0.29) is 12.5 Å². The largest absolute Gasteiger partial charge is 0.493 e. The third-order valence-corrected chi connectivity index (χ3v) is 3.51. The minimum absolute atomic E-state index is 0.154. The standard InChI is InChI=1S/C17H17NO4/c19-15(12-3-5-16-13(10-12)7-9-22-16)11-18-17(20)6-4-14-2-1-8-21-14/h1-6,8,10,15,19H,7,9,11H2,(H,18,20)/b6-4+/t15-/m0/s1. The molecule has 1 aromatic heterocycles. The van der Waals surface area contributed by atoms with Crippen molar-refractivity contribution in [1.29, 1.82) is 0 Å². The predicted molar refractivity (Wildman–Crippen MR) is 81.4 cm³/mol. The van der Waals surface area contributed by atoms with E-state index in [2.05, 4.69) is 5.32 Å². The van der Waals surface area contributed by atoms with Crippen molar-refractivity contribution in [1.82, 2.24) is 5.32 Å². The van der Waals surface area contributed by atoms with Gasteiger partial charge in [-0.15, -0.1) is 0 Å². The number of hydrogen-bond acceptors (Lipinski definition) is 4. The lowest BCUT2D eigenvalue weighted by atomic mass is 10.0. The number of aliphatic hydroxyl groups excluding tert-OH is 1. The third kappa shape index (κ3) is 3.38. The second-order valence-corrected chi connectivity index (χ2v) is 5.08. The van der Waals surface area contributed by atoms with E-state index in [1.807, 2.05) is 18.2 Å². The molecule has 2 N–H and O–H groups in total. The van der Waals surface area contributed by atoms with E-state index in [4.69, 9.17) is 9.15 Å². The van der Waals surface area contributed by atoms with E-state index in [1.54, 1.807) is 24.5 Å². The normalized spacial score (nSPS) is 14.6. The average molecular weight is 299 g/mol. The van der Waals surface area contributed by atoms with Crippen LogP contribution in [-0.2, 0) is 11.2 Å². The maximum Gasteiger partial charge on any atom is 0.244 e. The van der Waals surface area contributed by atoms with Gasteiger partial charge < -0.3 is 19.6 Å². The van der Waals surface area contributed by atoms with Gasteiger partial charge in [-0.05, 0) is 41.5 Å². The highest BCUT2D eigenvalue weighted by Crippen LogP contribution is 2.27. The topological polar surface area (TPSA) is 71.7 Å². The second-order valence-electron chi connectivity index (χ2n) is 5.08. The summed E-state index contributed by atoms with van der Waals surface area (Å²) in [7, 11) is 0. The summed E-state index contributed by atoms with van der Waals surface area (Å²) < 4.78 is 10.5. The van der Waals surface area contributed by atoms with Crippen LogP contribution >= 0.6 is 0 Å². The van der Waals surface area contributed by atoms with Crippen LogP contribution in [0.25, 0.3) is 6.08 Å². The Morgan fingerprint density at radius 2 is 2.32 bits per heavy atom. The van der Waals surface area contributed by atoms with E-state index in [1.165, 1.54) is 6.08 Å². The van der Waals surface area contributed by atoms with Gasteiger partial charge in [0.2, 0.25) is 5.91 Å². The average Bonchev–Trinajstić information content (AvgIpc) is 3.20. The van der Waals surface area contributed by atoms with Gasteiger partial charge >= 0.3 is 0 Å². The van der Waals surface area contributed by atoms with Crippen LogP contribution in [0.4, 0.5) is 0 Å². The van der Waals surface area contributed by atoms with Crippen LogP contribution in [-0.4, -0.2) is 24.2 Å². The first-order valence-electron chi connectivity index (χ1n) is 7.15. The Morgan fingerprint density at radius 3 is 3.14 bits per heavy atom. The van der Waals surface area contributed by atoms with Crippen molar-refractivity contribution in [3.63, 3.8) is 0 Å². The lowest BCUT2D eigenvalue weighted by molar-refractivity contribution is -0.116. The van der Waals surface area contributed by atoms with Gasteiger partial charge in [0.25, 0.3) is 0 Å². The highest BCUT2D eigenvalue weighted by molar-refractivity contribution is 5.91. The number of carbonyl (C=O) groups is 1. The quantitative estimate of drug-likeness (QED) is 0.829. The van der Waals surface area contributed by atoms with Crippen LogP contribution in [0, 0.1) is 0 Å². The molecule has 0 fully saturated rings. The number of nitrogens with one attached hydrogen (secondary N) is 1. The Kier molecular flexibility index (Phi) is 4.25. The minimum atomic E-state index is -0.744. The highest BCUT2D eigenvalue weighted by atomic mass is 16.5. The van der Waals surface area contributed by atoms with Crippen LogP contribution in [0.15, 0.2) is 47.1 Å². The molecule has 1 aliphatic heterocycles. The van der Waals surface area contributed by atoms with Crippen molar-refractivity contribution in [2.24, 2.45) is 0 Å². The van der Waals surface area contributed by atoms with Crippen LogP contribution in [0.1, 0.15) is 23.0 Å². The fourth-order valence-electron chi connectivity index (χ4n) is 2.33. The molecule has 0 bridgehead atoms. The molecule has 0 spiro atoms. The number of fused-ring (bicyclic) bond motifs is 1. The molecule has 3 rings (SSSR count). The molecule has 0 unspecified atom stereocenters. The van der Waals surface area contributed by atoms with E-state index in [9.17, 15) is 9.90 Å². The molecule has 2 aromatic rings. The SMILES string of the molecule is O=C(/C=C/c1ccco1)NC[C@H](O)c1ccc2c(c1)CCO2. The number of ether oxygens (including phenoxy) is 1. The Labute approximate surface area is 128 Å². The number of furan rings is 1. The molecule has 1 atom stereocenters. The number of benzene rings is 1. The van der Waals surface area contributed by atoms with Crippen molar-refractivity contribution in [3.8, 4) is 5.75 Å². The van der Waals surface area contributed by atoms with Crippen LogP contribution in [0.5, 0.6) is 5.75 Å². The lowest BCUT2D eigenvalue weighted by Gasteiger charge is -2.12. The number of aliphatic hydroxyl groups is 1. The summed E-state index contributed by atoms with van der Waals surface area (Å²) in [5.41, 5.74) is 1.88. The molecular formula is C17H17NO4. The first-order chi connectivity index (χ1) is 10.7. The molecule has 0 aliphatic carbocycles. The molecule has 0 saturated heterocycles. The smallest absolute Gasteiger partial charge is 0.244 e. The highest BCUT2D eigenvalue weighted by Gasteiger charge is 2.15. The van der Waals surface area contributed by atoms with Crippen LogP contribution in [0.2, 0.25) is 0 Å². The van der Waals surface area contributed by atoms with Crippen molar-refractivity contribution < 1.29 is 19.1 Å². The zero-order valence-electron chi connectivity index (χ0n) is 12.0. The molecule has 5 heteroatoms. The summed E-state index contributed by atoms with van der Waals surface area (Å²) in [6, 6.07) is 9.11. The molecule has 0 saturated carbocycles. The summed E-state index contributed by atoms with van der Waals surface area (Å²) >= 11 is 0. The van der Waals surface area contributed by atoms with E-state index in [0.29, 0.717) is 12.4 Å². The van der Waals surface area contributed by atoms with Gasteiger partial charge in [-0.25, -0.2) is 0 Å². The maximum absolute atomic E-state index is 11.7. The zero-order chi connectivity index (χ0) is 15.4. The Bertz CT molecular complexity index is 676. The lowest BCUT2D eigenvalue weighted by Crippen LogP contribution is -2.26. The zero-order valence-corrected chi connectivity index (χ0v) is 12.0. The molecule has 2 heterocycles. The molecule has 1 aromatic carbocycles. The maximum atomic E-state index is 11.7. The number of carbonyl (C=O) groups excluding carboxylic acids is 1. The third-order valence-electron chi connectivity index (χ3n) is 3.51. The molecule has 22 heavy (non-hydrogen) atoms. The molecule has 1 aliphatic rings. The first kappa shape index (κ1) is 14.4. The van der Waals surface area contributed by atoms with E-state index in [0.717, 1.165) is 23.3 Å². The van der Waals surface area contributed by atoms with Crippen molar-refractivity contribution in [3.05, 3.63) is 59.6 Å². The molecular weight excluding hydrogens is 282 g/mol. The number of rotatable bonds is 5. The van der Waals surface area contributed by atoms with Crippen LogP contribution in [0.3, 0.4) is 0 Å². The van der Waals surface area contributed by atoms with Crippen LogP contribution < -0.4 is 10.1 Å². The summed E-state index contributed by atoms with van der Waals surface area (Å²) in [6.07, 6.45) is 4.61. The van der Waals surface area contributed by atoms with Gasteiger partial charge in [-0.1, -0.05) is 6.07 Å². The van der Waals surface area contributed by atoms with E-state index < -0.39 is 6.10 Å². The van der Waals surface area contributed by atoms with Gasteiger partial charge in [0.05, 0.1) is 19.0 Å². The van der Waals surface area contributed by atoms with Crippen molar-refractivity contribution >= 4 is 12.0 Å². The van der Waals surface area contributed by atoms with Gasteiger partial charge in [0.15, 0.2) is 0 Å². The van der Waals surface area contributed by atoms with Gasteiger partial charge in [0.1, 0.15) is 11.5 Å². The first-order valence-corrected chi connectivity index (χ1v) is 7.15. The minimum Gasteiger partial charge on any atom is -0.493 e. The predicted octanol–water partition coefficient (Wildman–Crippen LogP) is 2.08. The van der Waals surface area contributed by atoms with Crippen molar-refractivity contribution in [2.75, 3.05) is 13.2 Å². The summed E-state index contributed by atoms with van der Waals surface area (Å²) in [5, 5.41) is 12.8. The van der Waals surface area contributed by atoms with Gasteiger partial charge in [0, 0.05) is 19.0 Å². The van der Waals surface area contributed by atoms with Crippen molar-refractivity contribution in [2.45, 2.75) is 12.5 Å². The Hall–Kier alpha value is -2.53. The summed E-state index contributed by atoms with van der Waals surface area (Å²) in [4.78, 5) is 11.7. The molecule has 5 nitrogen and oxygen atoms in total. The molecule has 0 radical (unpaired) electrons. The number of amides is 1. The molecule has 1 amide bonds. The van der Waals surface area contributed by atoms with E-state index >= 15 is 0 Å². The second kappa shape index (κ2) is 6.49. The fourth-order valence-corrected chi connectivity index (χ4v) is 2.33. The van der Waals surface area contributed by atoms with Gasteiger partial charge in [-0.3, -0.25) is 4.79 Å².